The molecule has 0 radical (unpaired) electrons. The molecule has 126 valence electrons. The molecular weight excluding hydrogens is 318 g/mol. The van der Waals surface area contributed by atoms with Gasteiger partial charge in [0.05, 0.1) is 31.3 Å². The number of pyridine rings is 1. The molecule has 0 unspecified atom stereocenters. The summed E-state index contributed by atoms with van der Waals surface area (Å²) in [7, 11) is 5.08. The zero-order valence-corrected chi connectivity index (χ0v) is 14.4. The minimum absolute atomic E-state index is 0.601. The van der Waals surface area contributed by atoms with E-state index >= 15 is 0 Å². The Morgan fingerprint density at radius 3 is 2.56 bits per heavy atom. The average Bonchev–Trinajstić information content (AvgIpc) is 3.01. The topological polar surface area (TPSA) is 75.0 Å². The molecule has 3 heterocycles. The van der Waals surface area contributed by atoms with Crippen LogP contribution in [0.15, 0.2) is 30.7 Å². The van der Waals surface area contributed by atoms with Gasteiger partial charge in [-0.25, -0.2) is 4.68 Å². The Morgan fingerprint density at radius 1 is 1.00 bits per heavy atom. The van der Waals surface area contributed by atoms with Gasteiger partial charge in [0.25, 0.3) is 0 Å². The minimum Gasteiger partial charge on any atom is -0.493 e. The summed E-state index contributed by atoms with van der Waals surface area (Å²) >= 11 is 0. The zero-order chi connectivity index (χ0) is 17.6. The molecule has 0 amide bonds. The smallest absolute Gasteiger partial charge is 0.180 e. The van der Waals surface area contributed by atoms with Crippen molar-refractivity contribution in [2.24, 2.45) is 7.05 Å². The highest BCUT2D eigenvalue weighted by Gasteiger charge is 2.21. The maximum atomic E-state index is 5.70. The molecule has 0 aliphatic heterocycles. The van der Waals surface area contributed by atoms with E-state index in [1.54, 1.807) is 25.1 Å². The van der Waals surface area contributed by atoms with Crippen LogP contribution in [0, 0.1) is 6.92 Å². The normalized spacial score (nSPS) is 11.2. The lowest BCUT2D eigenvalue weighted by atomic mass is 9.98. The van der Waals surface area contributed by atoms with E-state index in [9.17, 15) is 0 Å². The van der Waals surface area contributed by atoms with Gasteiger partial charge < -0.3 is 9.47 Å². The number of hydrogen-bond acceptors (Lipinski definition) is 6. The second-order valence-electron chi connectivity index (χ2n) is 5.84. The van der Waals surface area contributed by atoms with Crippen LogP contribution >= 0.6 is 0 Å². The molecule has 3 aromatic heterocycles. The molecule has 25 heavy (non-hydrogen) atoms. The summed E-state index contributed by atoms with van der Waals surface area (Å²) in [5.41, 5.74) is 4.29. The zero-order valence-electron chi connectivity index (χ0n) is 14.4. The van der Waals surface area contributed by atoms with E-state index in [1.165, 1.54) is 0 Å². The van der Waals surface area contributed by atoms with E-state index < -0.39 is 0 Å². The van der Waals surface area contributed by atoms with Gasteiger partial charge in [0, 0.05) is 42.0 Å². The molecule has 7 heteroatoms. The summed E-state index contributed by atoms with van der Waals surface area (Å²) in [5, 5.41) is 14.8. The maximum absolute atomic E-state index is 5.70. The van der Waals surface area contributed by atoms with Crippen molar-refractivity contribution in [3.8, 4) is 22.6 Å². The van der Waals surface area contributed by atoms with Crippen LogP contribution in [0.2, 0.25) is 0 Å². The number of hydrogen-bond donors (Lipinski definition) is 0. The second-order valence-corrected chi connectivity index (χ2v) is 5.84. The summed E-state index contributed by atoms with van der Waals surface area (Å²) in [6, 6.07) is 3.90. The number of nitrogens with zero attached hydrogens (tertiary/aromatic N) is 5. The Balaban J connectivity index is 2.24. The summed E-state index contributed by atoms with van der Waals surface area (Å²) in [6.45, 7) is 2.00. The van der Waals surface area contributed by atoms with Crippen LogP contribution in [0.1, 0.15) is 5.56 Å². The molecule has 0 spiro atoms. The Hall–Kier alpha value is -3.22. The Morgan fingerprint density at radius 2 is 1.84 bits per heavy atom. The molecule has 0 saturated heterocycles. The predicted molar refractivity (Wildman–Crippen MR) is 94.9 cm³/mol. The van der Waals surface area contributed by atoms with E-state index in [-0.39, 0.29) is 0 Å². The van der Waals surface area contributed by atoms with Crippen molar-refractivity contribution >= 4 is 21.9 Å². The molecule has 0 saturated carbocycles. The molecular formula is C18H17N5O2. The number of methoxy groups -OCH3 is 2. The van der Waals surface area contributed by atoms with Crippen LogP contribution in [0.3, 0.4) is 0 Å². The third kappa shape index (κ3) is 2.27. The highest BCUT2D eigenvalue weighted by atomic mass is 16.5. The summed E-state index contributed by atoms with van der Waals surface area (Å²) < 4.78 is 12.9. The van der Waals surface area contributed by atoms with Gasteiger partial charge in [-0.1, -0.05) is 0 Å². The minimum atomic E-state index is 0.601. The average molecular weight is 335 g/mol. The van der Waals surface area contributed by atoms with Crippen molar-refractivity contribution in [1.29, 1.82) is 0 Å². The van der Waals surface area contributed by atoms with E-state index in [2.05, 4.69) is 26.3 Å². The van der Waals surface area contributed by atoms with Crippen LogP contribution in [-0.4, -0.2) is 39.2 Å². The quantitative estimate of drug-likeness (QED) is 0.573. The third-order valence-corrected chi connectivity index (χ3v) is 4.24. The lowest BCUT2D eigenvalue weighted by Crippen LogP contribution is -1.99. The van der Waals surface area contributed by atoms with Crippen molar-refractivity contribution < 1.29 is 9.47 Å². The van der Waals surface area contributed by atoms with Crippen molar-refractivity contribution in [1.82, 2.24) is 25.0 Å². The molecule has 1 aromatic carbocycles. The predicted octanol–water partition coefficient (Wildman–Crippen LogP) is 2.90. The summed E-state index contributed by atoms with van der Waals surface area (Å²) in [6.07, 6.45) is 5.43. The number of aromatic nitrogens is 5. The number of fused-ring (bicyclic) bond motifs is 3. The van der Waals surface area contributed by atoms with Gasteiger partial charge in [0.1, 0.15) is 0 Å². The monoisotopic (exact) mass is 335 g/mol. The lowest BCUT2D eigenvalue weighted by molar-refractivity contribution is 0.357. The molecule has 4 aromatic rings. The SMILES string of the molecule is COc1cc2nnc3c(cnn3C)c2c(-c2cncc(C)c2)c1OC. The molecule has 0 N–H and O–H groups in total. The highest BCUT2D eigenvalue weighted by Crippen LogP contribution is 2.45. The van der Waals surface area contributed by atoms with Crippen molar-refractivity contribution in [2.45, 2.75) is 6.92 Å². The summed E-state index contributed by atoms with van der Waals surface area (Å²) in [4.78, 5) is 4.33. The first-order chi connectivity index (χ1) is 12.1. The van der Waals surface area contributed by atoms with E-state index in [4.69, 9.17) is 9.47 Å². The van der Waals surface area contributed by atoms with Gasteiger partial charge in [-0.05, 0) is 18.6 Å². The van der Waals surface area contributed by atoms with Crippen LogP contribution in [0.5, 0.6) is 11.5 Å². The molecule has 4 rings (SSSR count). The Labute approximate surface area is 144 Å². The number of rotatable bonds is 3. The van der Waals surface area contributed by atoms with Crippen molar-refractivity contribution in [3.63, 3.8) is 0 Å². The Kier molecular flexibility index (Phi) is 3.49. The van der Waals surface area contributed by atoms with Crippen molar-refractivity contribution in [3.05, 3.63) is 36.3 Å². The molecule has 0 bridgehead atoms. The number of aryl methyl sites for hydroxylation is 2. The fourth-order valence-corrected chi connectivity index (χ4v) is 3.13. The van der Waals surface area contributed by atoms with E-state index in [0.717, 1.165) is 33.0 Å². The molecule has 0 aliphatic rings. The lowest BCUT2D eigenvalue weighted by Gasteiger charge is -2.16. The Bertz CT molecular complexity index is 1100. The van der Waals surface area contributed by atoms with Gasteiger partial charge in [-0.3, -0.25) is 4.98 Å². The van der Waals surface area contributed by atoms with Crippen LogP contribution in [0.4, 0.5) is 0 Å². The van der Waals surface area contributed by atoms with Crippen LogP contribution in [-0.2, 0) is 7.05 Å². The molecule has 0 atom stereocenters. The van der Waals surface area contributed by atoms with Gasteiger partial charge in [0.2, 0.25) is 0 Å². The van der Waals surface area contributed by atoms with E-state index in [1.807, 2.05) is 32.4 Å². The molecule has 7 nitrogen and oxygen atoms in total. The van der Waals surface area contributed by atoms with Gasteiger partial charge >= 0.3 is 0 Å². The maximum Gasteiger partial charge on any atom is 0.180 e. The summed E-state index contributed by atoms with van der Waals surface area (Å²) in [5.74, 6) is 1.24. The van der Waals surface area contributed by atoms with Crippen LogP contribution < -0.4 is 9.47 Å². The van der Waals surface area contributed by atoms with Gasteiger partial charge in [0.15, 0.2) is 17.1 Å². The number of ether oxygens (including phenoxy) is 2. The van der Waals surface area contributed by atoms with Gasteiger partial charge in [-0.2, -0.15) is 5.10 Å². The standard InChI is InChI=1S/C18H17N5O2/c1-10-5-11(8-19-7-10)15-16-12-9-20-23(2)18(12)22-21-13(16)6-14(24-3)17(15)25-4/h5-9H,1-4H3. The first-order valence-corrected chi connectivity index (χ1v) is 7.79. The van der Waals surface area contributed by atoms with Crippen molar-refractivity contribution in [2.75, 3.05) is 14.2 Å². The largest absolute Gasteiger partial charge is 0.493 e. The third-order valence-electron chi connectivity index (χ3n) is 4.24. The first-order valence-electron chi connectivity index (χ1n) is 7.79. The van der Waals surface area contributed by atoms with E-state index in [0.29, 0.717) is 17.1 Å². The first kappa shape index (κ1) is 15.3. The second kappa shape index (κ2) is 5.70. The fourth-order valence-electron chi connectivity index (χ4n) is 3.13. The fraction of sp³-hybridized carbons (Fsp3) is 0.222. The molecule has 0 aliphatic carbocycles. The van der Waals surface area contributed by atoms with Gasteiger partial charge in [-0.15, -0.1) is 10.2 Å². The highest BCUT2D eigenvalue weighted by molar-refractivity contribution is 6.13. The number of benzene rings is 1. The molecule has 0 fully saturated rings. The van der Waals surface area contributed by atoms with Crippen LogP contribution in [0.25, 0.3) is 33.1 Å².